The molecule has 8 heteroatoms. The highest BCUT2D eigenvalue weighted by molar-refractivity contribution is 7.99. The minimum absolute atomic E-state index is 0.0390. The van der Waals surface area contributed by atoms with Gasteiger partial charge in [0.25, 0.3) is 5.56 Å². The number of rotatable bonds is 5. The molecule has 25 heavy (non-hydrogen) atoms. The average Bonchev–Trinajstić information content (AvgIpc) is 2.96. The summed E-state index contributed by atoms with van der Waals surface area (Å²) in [6, 6.07) is 5.60. The van der Waals surface area contributed by atoms with Crippen LogP contribution in [0.1, 0.15) is 12.5 Å². The number of esters is 1. The Balaban J connectivity index is 2.13. The quantitative estimate of drug-likeness (QED) is 0.386. The summed E-state index contributed by atoms with van der Waals surface area (Å²) in [6.45, 7) is 3.87. The summed E-state index contributed by atoms with van der Waals surface area (Å²) in [6.07, 6.45) is 0. The highest BCUT2D eigenvalue weighted by atomic mass is 32.2. The molecule has 0 saturated carbocycles. The summed E-state index contributed by atoms with van der Waals surface area (Å²) in [5.41, 5.74) is 1.11. The fraction of sp³-hybridized carbons (Fsp3) is 0.235. The normalized spacial score (nSPS) is 11.0. The van der Waals surface area contributed by atoms with Crippen molar-refractivity contribution in [3.8, 4) is 5.69 Å². The Kier molecular flexibility index (Phi) is 5.19. The Morgan fingerprint density at radius 3 is 2.76 bits per heavy atom. The number of ether oxygens (including phenoxy) is 1. The van der Waals surface area contributed by atoms with E-state index in [1.54, 1.807) is 6.92 Å². The van der Waals surface area contributed by atoms with Gasteiger partial charge < -0.3 is 4.74 Å². The third kappa shape index (κ3) is 3.59. The molecule has 3 rings (SSSR count). The second kappa shape index (κ2) is 7.37. The van der Waals surface area contributed by atoms with Crippen molar-refractivity contribution in [2.45, 2.75) is 19.0 Å². The zero-order valence-corrected chi connectivity index (χ0v) is 15.2. The third-order valence-corrected chi connectivity index (χ3v) is 5.37. The molecule has 3 aromatic rings. The van der Waals surface area contributed by atoms with Gasteiger partial charge in [0, 0.05) is 0 Å². The van der Waals surface area contributed by atoms with Crippen molar-refractivity contribution in [1.82, 2.24) is 9.55 Å². The molecule has 0 aliphatic heterocycles. The van der Waals surface area contributed by atoms with Crippen LogP contribution in [0.2, 0.25) is 0 Å². The highest BCUT2D eigenvalue weighted by Crippen LogP contribution is 2.26. The van der Waals surface area contributed by atoms with Crippen LogP contribution < -0.4 is 5.56 Å². The lowest BCUT2D eigenvalue weighted by Crippen LogP contribution is -2.22. The van der Waals surface area contributed by atoms with Crippen LogP contribution in [0, 0.1) is 12.7 Å². The van der Waals surface area contributed by atoms with Crippen LogP contribution in [0.4, 0.5) is 4.39 Å². The number of thiophene rings is 1. The zero-order valence-electron chi connectivity index (χ0n) is 13.6. The molecular weight excluding hydrogens is 363 g/mol. The van der Waals surface area contributed by atoms with Crippen molar-refractivity contribution < 1.29 is 13.9 Å². The molecule has 0 unspecified atom stereocenters. The second-order valence-electron chi connectivity index (χ2n) is 5.20. The van der Waals surface area contributed by atoms with Crippen LogP contribution in [-0.2, 0) is 9.53 Å². The molecule has 0 atom stereocenters. The van der Waals surface area contributed by atoms with Crippen molar-refractivity contribution in [3.63, 3.8) is 0 Å². The molecule has 5 nitrogen and oxygen atoms in total. The number of hydrogen-bond donors (Lipinski definition) is 0. The fourth-order valence-corrected chi connectivity index (χ4v) is 4.12. The monoisotopic (exact) mass is 378 g/mol. The van der Waals surface area contributed by atoms with Crippen LogP contribution in [-0.4, -0.2) is 27.9 Å². The van der Waals surface area contributed by atoms with Gasteiger partial charge in [-0.1, -0.05) is 11.8 Å². The first-order valence-electron chi connectivity index (χ1n) is 7.56. The van der Waals surface area contributed by atoms with E-state index in [9.17, 15) is 14.0 Å². The van der Waals surface area contributed by atoms with Crippen LogP contribution in [0.3, 0.4) is 0 Å². The van der Waals surface area contributed by atoms with Crippen LogP contribution in [0.15, 0.2) is 39.6 Å². The van der Waals surface area contributed by atoms with Gasteiger partial charge >= 0.3 is 5.97 Å². The molecule has 2 aromatic heterocycles. The Labute approximate surface area is 151 Å². The molecule has 0 saturated heterocycles. The first-order valence-corrected chi connectivity index (χ1v) is 9.43. The topological polar surface area (TPSA) is 61.2 Å². The smallest absolute Gasteiger partial charge is 0.316 e. The first-order chi connectivity index (χ1) is 12.0. The van der Waals surface area contributed by atoms with E-state index in [0.29, 0.717) is 27.7 Å². The van der Waals surface area contributed by atoms with Crippen LogP contribution in [0.25, 0.3) is 15.9 Å². The first kappa shape index (κ1) is 17.6. The Morgan fingerprint density at radius 1 is 1.36 bits per heavy atom. The van der Waals surface area contributed by atoms with Crippen molar-refractivity contribution in [3.05, 3.63) is 51.4 Å². The molecule has 0 aliphatic carbocycles. The van der Waals surface area contributed by atoms with Gasteiger partial charge in [-0.15, -0.1) is 11.3 Å². The van der Waals surface area contributed by atoms with E-state index < -0.39 is 5.82 Å². The maximum absolute atomic E-state index is 13.2. The number of carbonyl (C=O) groups excluding carboxylic acids is 1. The molecule has 0 fully saturated rings. The van der Waals surface area contributed by atoms with E-state index in [-0.39, 0.29) is 17.3 Å². The summed E-state index contributed by atoms with van der Waals surface area (Å²) in [5.74, 6) is -0.731. The Bertz CT molecular complexity index is 980. The number of nitrogens with zero attached hydrogens (tertiary/aromatic N) is 2. The number of carbonyl (C=O) groups is 1. The van der Waals surface area contributed by atoms with E-state index >= 15 is 0 Å². The van der Waals surface area contributed by atoms with Gasteiger partial charge in [-0.3, -0.25) is 14.2 Å². The predicted molar refractivity (Wildman–Crippen MR) is 97.3 cm³/mol. The van der Waals surface area contributed by atoms with Crippen molar-refractivity contribution in [1.29, 1.82) is 0 Å². The summed E-state index contributed by atoms with van der Waals surface area (Å²) in [4.78, 5) is 29.8. The minimum Gasteiger partial charge on any atom is -0.465 e. The van der Waals surface area contributed by atoms with E-state index in [1.165, 1.54) is 40.2 Å². The highest BCUT2D eigenvalue weighted by Gasteiger charge is 2.17. The van der Waals surface area contributed by atoms with Crippen molar-refractivity contribution in [2.75, 3.05) is 12.4 Å². The lowest BCUT2D eigenvalue weighted by Gasteiger charge is -2.12. The molecule has 0 amide bonds. The van der Waals surface area contributed by atoms with Crippen molar-refractivity contribution >= 4 is 39.3 Å². The molecule has 0 aliphatic rings. The number of thioether (sulfide) groups is 1. The maximum atomic E-state index is 13.2. The van der Waals surface area contributed by atoms with Gasteiger partial charge in [0.2, 0.25) is 0 Å². The number of aryl methyl sites for hydroxylation is 1. The van der Waals surface area contributed by atoms with Gasteiger partial charge in [0.1, 0.15) is 10.6 Å². The molecule has 0 bridgehead atoms. The summed E-state index contributed by atoms with van der Waals surface area (Å²) in [5, 5.41) is 2.78. The predicted octanol–water partition coefficient (Wildman–Crippen LogP) is 3.55. The third-order valence-electron chi connectivity index (χ3n) is 3.47. The SMILES string of the molecule is CCOC(=O)CSc1nc2scc(C)c2c(=O)n1-c1ccc(F)cc1. The number of halogens is 1. The summed E-state index contributed by atoms with van der Waals surface area (Å²) >= 11 is 2.50. The fourth-order valence-electron chi connectivity index (χ4n) is 2.35. The van der Waals surface area contributed by atoms with Gasteiger partial charge in [-0.2, -0.15) is 0 Å². The van der Waals surface area contributed by atoms with E-state index in [2.05, 4.69) is 4.98 Å². The average molecular weight is 378 g/mol. The van der Waals surface area contributed by atoms with Crippen LogP contribution in [0.5, 0.6) is 0 Å². The second-order valence-corrected chi connectivity index (χ2v) is 7.00. The summed E-state index contributed by atoms with van der Waals surface area (Å²) in [7, 11) is 0. The Hall–Kier alpha value is -2.19. The maximum Gasteiger partial charge on any atom is 0.316 e. The van der Waals surface area contributed by atoms with Crippen LogP contribution >= 0.6 is 23.1 Å². The number of hydrogen-bond acceptors (Lipinski definition) is 6. The molecular formula is C17H15FN2O3S2. The van der Waals surface area contributed by atoms with E-state index in [0.717, 1.165) is 17.3 Å². The lowest BCUT2D eigenvalue weighted by atomic mass is 10.2. The largest absolute Gasteiger partial charge is 0.465 e. The molecule has 0 spiro atoms. The van der Waals surface area contributed by atoms with Crippen molar-refractivity contribution in [2.24, 2.45) is 0 Å². The number of aromatic nitrogens is 2. The molecule has 2 heterocycles. The van der Waals surface area contributed by atoms with Gasteiger partial charge in [0.15, 0.2) is 5.16 Å². The standard InChI is InChI=1S/C17H15FN2O3S2/c1-3-23-13(21)9-25-17-19-15-14(10(2)8-24-15)16(22)20(17)12-6-4-11(18)5-7-12/h4-8H,3,9H2,1-2H3. The molecule has 130 valence electrons. The van der Waals surface area contributed by atoms with E-state index in [4.69, 9.17) is 4.74 Å². The Morgan fingerprint density at radius 2 is 2.08 bits per heavy atom. The molecule has 1 aromatic carbocycles. The van der Waals surface area contributed by atoms with Gasteiger partial charge in [-0.05, 0) is 49.1 Å². The van der Waals surface area contributed by atoms with Gasteiger partial charge in [0.05, 0.1) is 23.4 Å². The molecule has 0 radical (unpaired) electrons. The van der Waals surface area contributed by atoms with E-state index in [1.807, 2.05) is 12.3 Å². The molecule has 0 N–H and O–H groups in total. The number of fused-ring (bicyclic) bond motifs is 1. The lowest BCUT2D eigenvalue weighted by molar-refractivity contribution is -0.139. The zero-order chi connectivity index (χ0) is 18.0. The minimum atomic E-state index is -0.390. The summed E-state index contributed by atoms with van der Waals surface area (Å²) < 4.78 is 19.6. The number of benzene rings is 1. The van der Waals surface area contributed by atoms with Gasteiger partial charge in [-0.25, -0.2) is 9.37 Å².